The van der Waals surface area contributed by atoms with E-state index in [-0.39, 0.29) is 11.8 Å². The van der Waals surface area contributed by atoms with E-state index in [0.717, 1.165) is 30.0 Å². The molecule has 0 N–H and O–H groups in total. The molecule has 1 aliphatic heterocycles. The number of hydrogen-bond acceptors (Lipinski definition) is 3. The number of carbonyl (C=O) groups is 2. The topological polar surface area (TPSA) is 49.9 Å². The standard InChI is InChI=1S/C21H24N2O3/c1-16(24)22(15-17-7-9-19(26-2)10-8-17)13-12-21(25)23-14-11-18-5-3-4-6-20(18)23/h3-10H,11-15H2,1-2H3. The third-order valence-electron chi connectivity index (χ3n) is 4.76. The van der Waals surface area contributed by atoms with Crippen LogP contribution in [0.15, 0.2) is 48.5 Å². The van der Waals surface area contributed by atoms with Gasteiger partial charge in [-0.1, -0.05) is 30.3 Å². The first-order valence-corrected chi connectivity index (χ1v) is 8.85. The summed E-state index contributed by atoms with van der Waals surface area (Å²) in [5.41, 5.74) is 3.23. The van der Waals surface area contributed by atoms with E-state index in [9.17, 15) is 9.59 Å². The molecular formula is C21H24N2O3. The Morgan fingerprint density at radius 2 is 1.85 bits per heavy atom. The maximum Gasteiger partial charge on any atom is 0.228 e. The van der Waals surface area contributed by atoms with Gasteiger partial charge in [0.25, 0.3) is 0 Å². The van der Waals surface area contributed by atoms with Gasteiger partial charge < -0.3 is 14.5 Å². The molecule has 1 heterocycles. The number of amides is 2. The zero-order valence-corrected chi connectivity index (χ0v) is 15.3. The molecule has 0 radical (unpaired) electrons. The molecule has 26 heavy (non-hydrogen) atoms. The molecule has 0 unspecified atom stereocenters. The van der Waals surface area contributed by atoms with Gasteiger partial charge in [-0.2, -0.15) is 0 Å². The number of ether oxygens (including phenoxy) is 1. The Morgan fingerprint density at radius 3 is 2.54 bits per heavy atom. The van der Waals surface area contributed by atoms with Gasteiger partial charge in [0.05, 0.1) is 7.11 Å². The summed E-state index contributed by atoms with van der Waals surface area (Å²) in [6.45, 7) is 3.16. The fourth-order valence-electron chi connectivity index (χ4n) is 3.26. The molecule has 0 atom stereocenters. The molecule has 0 saturated carbocycles. The summed E-state index contributed by atoms with van der Waals surface area (Å²) in [6.07, 6.45) is 1.22. The molecule has 0 fully saturated rings. The van der Waals surface area contributed by atoms with Crippen molar-refractivity contribution in [3.63, 3.8) is 0 Å². The number of fused-ring (bicyclic) bond motifs is 1. The van der Waals surface area contributed by atoms with Crippen LogP contribution in [-0.2, 0) is 22.6 Å². The van der Waals surface area contributed by atoms with E-state index >= 15 is 0 Å². The summed E-state index contributed by atoms with van der Waals surface area (Å²) in [6, 6.07) is 15.6. The molecule has 0 aromatic heterocycles. The van der Waals surface area contributed by atoms with Crippen molar-refractivity contribution >= 4 is 17.5 Å². The summed E-state index contributed by atoms with van der Waals surface area (Å²) in [5.74, 6) is 0.817. The van der Waals surface area contributed by atoms with Gasteiger partial charge in [-0.05, 0) is 35.7 Å². The fraction of sp³-hybridized carbons (Fsp3) is 0.333. The van der Waals surface area contributed by atoms with Crippen molar-refractivity contribution in [1.29, 1.82) is 0 Å². The predicted octanol–water partition coefficient (Wildman–Crippen LogP) is 3.02. The van der Waals surface area contributed by atoms with Gasteiger partial charge in [0.15, 0.2) is 0 Å². The lowest BCUT2D eigenvalue weighted by atomic mass is 10.2. The van der Waals surface area contributed by atoms with Crippen LogP contribution in [0, 0.1) is 0 Å². The van der Waals surface area contributed by atoms with Crippen LogP contribution in [-0.4, -0.2) is 36.9 Å². The molecule has 3 rings (SSSR count). The monoisotopic (exact) mass is 352 g/mol. The minimum absolute atomic E-state index is 0.0320. The van der Waals surface area contributed by atoms with Crippen LogP contribution in [0.5, 0.6) is 5.75 Å². The average molecular weight is 352 g/mol. The van der Waals surface area contributed by atoms with Crippen molar-refractivity contribution in [2.24, 2.45) is 0 Å². The summed E-state index contributed by atoms with van der Waals surface area (Å²) in [5, 5.41) is 0. The summed E-state index contributed by atoms with van der Waals surface area (Å²) >= 11 is 0. The van der Waals surface area contributed by atoms with E-state index in [1.54, 1.807) is 18.9 Å². The highest BCUT2D eigenvalue weighted by molar-refractivity contribution is 5.95. The van der Waals surface area contributed by atoms with Crippen molar-refractivity contribution < 1.29 is 14.3 Å². The van der Waals surface area contributed by atoms with Crippen molar-refractivity contribution in [2.75, 3.05) is 25.1 Å². The zero-order chi connectivity index (χ0) is 18.5. The van der Waals surface area contributed by atoms with Crippen LogP contribution in [0.25, 0.3) is 0 Å². The minimum atomic E-state index is -0.0320. The largest absolute Gasteiger partial charge is 0.497 e. The molecule has 2 aromatic rings. The van der Waals surface area contributed by atoms with Crippen molar-refractivity contribution in [2.45, 2.75) is 26.3 Å². The second-order valence-corrected chi connectivity index (χ2v) is 6.46. The summed E-state index contributed by atoms with van der Waals surface area (Å²) in [4.78, 5) is 28.2. The molecule has 2 aromatic carbocycles. The number of hydrogen-bond donors (Lipinski definition) is 0. The number of benzene rings is 2. The first-order valence-electron chi connectivity index (χ1n) is 8.85. The Hall–Kier alpha value is -2.82. The molecule has 136 valence electrons. The normalized spacial score (nSPS) is 12.6. The van der Waals surface area contributed by atoms with Crippen LogP contribution < -0.4 is 9.64 Å². The van der Waals surface area contributed by atoms with Gasteiger partial charge in [0, 0.05) is 38.7 Å². The number of carbonyl (C=O) groups excluding carboxylic acids is 2. The molecule has 5 nitrogen and oxygen atoms in total. The van der Waals surface area contributed by atoms with E-state index in [1.165, 1.54) is 5.56 Å². The molecule has 1 aliphatic rings. The Bertz CT molecular complexity index is 786. The third kappa shape index (κ3) is 4.04. The van der Waals surface area contributed by atoms with Crippen LogP contribution in [0.3, 0.4) is 0 Å². The van der Waals surface area contributed by atoms with Gasteiger partial charge in [-0.25, -0.2) is 0 Å². The predicted molar refractivity (Wildman–Crippen MR) is 101 cm³/mol. The Balaban J connectivity index is 1.60. The van der Waals surface area contributed by atoms with Gasteiger partial charge in [0.1, 0.15) is 5.75 Å². The number of nitrogens with zero attached hydrogens (tertiary/aromatic N) is 2. The van der Waals surface area contributed by atoms with Crippen LogP contribution in [0.4, 0.5) is 5.69 Å². The Kier molecular flexibility index (Phi) is 5.56. The number of rotatable bonds is 6. The molecular weight excluding hydrogens is 328 g/mol. The molecule has 0 saturated heterocycles. The average Bonchev–Trinajstić information content (AvgIpc) is 3.09. The van der Waals surface area contributed by atoms with Gasteiger partial charge in [-0.3, -0.25) is 9.59 Å². The second kappa shape index (κ2) is 8.04. The summed E-state index contributed by atoms with van der Waals surface area (Å²) in [7, 11) is 1.62. The van der Waals surface area contributed by atoms with Gasteiger partial charge in [-0.15, -0.1) is 0 Å². The number of methoxy groups -OCH3 is 1. The maximum atomic E-state index is 12.6. The molecule has 0 aliphatic carbocycles. The summed E-state index contributed by atoms with van der Waals surface area (Å²) < 4.78 is 5.16. The van der Waals surface area contributed by atoms with Gasteiger partial charge >= 0.3 is 0 Å². The molecule has 5 heteroatoms. The Morgan fingerprint density at radius 1 is 1.12 bits per heavy atom. The van der Waals surface area contributed by atoms with Crippen molar-refractivity contribution in [3.05, 3.63) is 59.7 Å². The minimum Gasteiger partial charge on any atom is -0.497 e. The van der Waals surface area contributed by atoms with Crippen molar-refractivity contribution in [3.8, 4) is 5.75 Å². The van der Waals surface area contributed by atoms with E-state index in [2.05, 4.69) is 6.07 Å². The van der Waals surface area contributed by atoms with E-state index in [0.29, 0.717) is 19.5 Å². The zero-order valence-electron chi connectivity index (χ0n) is 15.3. The molecule has 0 bridgehead atoms. The molecule has 0 spiro atoms. The van der Waals surface area contributed by atoms with Crippen LogP contribution in [0.2, 0.25) is 0 Å². The number of para-hydroxylation sites is 1. The fourth-order valence-corrected chi connectivity index (χ4v) is 3.26. The lowest BCUT2D eigenvalue weighted by Crippen LogP contribution is -2.35. The van der Waals surface area contributed by atoms with E-state index in [1.807, 2.05) is 47.4 Å². The first-order chi connectivity index (χ1) is 12.6. The smallest absolute Gasteiger partial charge is 0.228 e. The SMILES string of the molecule is COc1ccc(CN(CCC(=O)N2CCc3ccccc32)C(C)=O)cc1. The van der Waals surface area contributed by atoms with Crippen LogP contribution in [0.1, 0.15) is 24.5 Å². The van der Waals surface area contributed by atoms with E-state index < -0.39 is 0 Å². The van der Waals surface area contributed by atoms with E-state index in [4.69, 9.17) is 4.74 Å². The van der Waals surface area contributed by atoms with Crippen LogP contribution >= 0.6 is 0 Å². The quantitative estimate of drug-likeness (QED) is 0.803. The first kappa shape index (κ1) is 18.0. The number of anilines is 1. The Labute approximate surface area is 154 Å². The third-order valence-corrected chi connectivity index (χ3v) is 4.76. The van der Waals surface area contributed by atoms with Gasteiger partial charge in [0.2, 0.25) is 11.8 Å². The second-order valence-electron chi connectivity index (χ2n) is 6.46. The lowest BCUT2D eigenvalue weighted by molar-refractivity contribution is -0.130. The van der Waals surface area contributed by atoms with Crippen molar-refractivity contribution in [1.82, 2.24) is 4.90 Å². The lowest BCUT2D eigenvalue weighted by Gasteiger charge is -2.23. The highest BCUT2D eigenvalue weighted by atomic mass is 16.5. The maximum absolute atomic E-state index is 12.6. The highest BCUT2D eigenvalue weighted by Crippen LogP contribution is 2.27. The molecule has 2 amide bonds. The highest BCUT2D eigenvalue weighted by Gasteiger charge is 2.24.